The van der Waals surface area contributed by atoms with Crippen LogP contribution in [-0.2, 0) is 0 Å². The van der Waals surface area contributed by atoms with Crippen LogP contribution in [0.1, 0.15) is 15.2 Å². The third-order valence-electron chi connectivity index (χ3n) is 3.31. The molecule has 3 aromatic rings. The monoisotopic (exact) mass is 313 g/mol. The third-order valence-corrected chi connectivity index (χ3v) is 3.57. The Labute approximate surface area is 131 Å². The minimum absolute atomic E-state index is 0.126. The number of carbonyl (C=O) groups is 2. The number of aldehydes is 1. The highest BCUT2D eigenvalue weighted by molar-refractivity contribution is 6.30. The van der Waals surface area contributed by atoms with E-state index in [0.717, 1.165) is 11.7 Å². The first kappa shape index (κ1) is 14.4. The molecule has 0 aliphatic carbocycles. The Balaban J connectivity index is 1.83. The molecule has 0 saturated heterocycles. The first-order chi connectivity index (χ1) is 10.7. The lowest BCUT2D eigenvalue weighted by molar-refractivity contribution is 0.0843. The van der Waals surface area contributed by atoms with Gasteiger partial charge in [-0.2, -0.15) is 0 Å². The summed E-state index contributed by atoms with van der Waals surface area (Å²) < 4.78 is 6.89. The van der Waals surface area contributed by atoms with Gasteiger partial charge in [-0.25, -0.2) is 0 Å². The molecule has 0 amide bonds. The molecule has 0 spiro atoms. The molecular weight excluding hydrogens is 302 g/mol. The molecule has 0 bridgehead atoms. The number of rotatable bonds is 4. The van der Waals surface area contributed by atoms with Crippen molar-refractivity contribution in [1.29, 1.82) is 0 Å². The largest absolute Gasteiger partial charge is 0.484 e. The molecular formula is C17H12ClNO3. The maximum atomic E-state index is 12.3. The minimum atomic E-state index is -0.251. The van der Waals surface area contributed by atoms with E-state index < -0.39 is 0 Å². The van der Waals surface area contributed by atoms with Crippen molar-refractivity contribution < 1.29 is 14.3 Å². The molecule has 0 unspecified atom stereocenters. The summed E-state index contributed by atoms with van der Waals surface area (Å²) in [6, 6.07) is 14.0. The van der Waals surface area contributed by atoms with E-state index in [1.54, 1.807) is 30.3 Å². The van der Waals surface area contributed by atoms with E-state index >= 15 is 0 Å². The summed E-state index contributed by atoms with van der Waals surface area (Å²) in [4.78, 5) is 23.4. The lowest BCUT2D eigenvalue weighted by Crippen LogP contribution is -2.18. The van der Waals surface area contributed by atoms with Crippen molar-refractivity contribution in [2.24, 2.45) is 0 Å². The molecule has 0 N–H and O–H groups in total. The number of ether oxygens (including phenoxy) is 1. The normalized spacial score (nSPS) is 10.6. The van der Waals surface area contributed by atoms with Crippen LogP contribution in [0.2, 0.25) is 5.02 Å². The third kappa shape index (κ3) is 2.73. The number of fused-ring (bicyclic) bond motifs is 1. The predicted molar refractivity (Wildman–Crippen MR) is 84.9 cm³/mol. The first-order valence-corrected chi connectivity index (χ1v) is 7.03. The van der Waals surface area contributed by atoms with Crippen LogP contribution >= 0.6 is 11.6 Å². The predicted octanol–water partition coefficient (Wildman–Crippen LogP) is 3.83. The summed E-state index contributed by atoms with van der Waals surface area (Å²) in [6.07, 6.45) is 2.28. The molecule has 0 saturated carbocycles. The molecule has 5 heteroatoms. The van der Waals surface area contributed by atoms with Gasteiger partial charge in [0.15, 0.2) is 12.9 Å². The second kappa shape index (κ2) is 6.03. The van der Waals surface area contributed by atoms with Crippen LogP contribution in [0.3, 0.4) is 0 Å². The summed E-state index contributed by atoms with van der Waals surface area (Å²) in [5.41, 5.74) is 1.17. The SMILES string of the molecule is O=Cc1cn(C(=O)COc2ccc(Cl)cc2)c2ccccc12. The molecule has 110 valence electrons. The van der Waals surface area contributed by atoms with Crippen LogP contribution in [0, 0.1) is 0 Å². The van der Waals surface area contributed by atoms with Gasteiger partial charge >= 0.3 is 0 Å². The van der Waals surface area contributed by atoms with Crippen LogP contribution in [0.5, 0.6) is 5.75 Å². The molecule has 0 atom stereocenters. The molecule has 22 heavy (non-hydrogen) atoms. The average molecular weight is 314 g/mol. The Bertz CT molecular complexity index is 837. The lowest BCUT2D eigenvalue weighted by Gasteiger charge is -2.07. The molecule has 4 nitrogen and oxygen atoms in total. The summed E-state index contributed by atoms with van der Waals surface area (Å²) >= 11 is 5.79. The summed E-state index contributed by atoms with van der Waals surface area (Å²) in [7, 11) is 0. The van der Waals surface area contributed by atoms with Crippen molar-refractivity contribution >= 4 is 34.7 Å². The molecule has 0 fully saturated rings. The highest BCUT2D eigenvalue weighted by Gasteiger charge is 2.13. The summed E-state index contributed by atoms with van der Waals surface area (Å²) in [6.45, 7) is -0.126. The van der Waals surface area contributed by atoms with Crippen LogP contribution in [0.4, 0.5) is 0 Å². The quantitative estimate of drug-likeness (QED) is 0.688. The Morgan fingerprint density at radius 3 is 2.59 bits per heavy atom. The Morgan fingerprint density at radius 1 is 1.14 bits per heavy atom. The smallest absolute Gasteiger partial charge is 0.269 e. The number of carbonyl (C=O) groups excluding carboxylic acids is 2. The second-order valence-electron chi connectivity index (χ2n) is 4.73. The van der Waals surface area contributed by atoms with E-state index in [1.807, 2.05) is 18.2 Å². The fourth-order valence-electron chi connectivity index (χ4n) is 2.25. The zero-order chi connectivity index (χ0) is 15.5. The number of para-hydroxylation sites is 1. The highest BCUT2D eigenvalue weighted by Crippen LogP contribution is 2.20. The Kier molecular flexibility index (Phi) is 3.94. The Morgan fingerprint density at radius 2 is 1.86 bits per heavy atom. The van der Waals surface area contributed by atoms with Gasteiger partial charge in [-0.05, 0) is 30.3 Å². The van der Waals surface area contributed by atoms with E-state index in [-0.39, 0.29) is 12.5 Å². The zero-order valence-electron chi connectivity index (χ0n) is 11.5. The van der Waals surface area contributed by atoms with Gasteiger partial charge in [-0.3, -0.25) is 14.2 Å². The van der Waals surface area contributed by atoms with Gasteiger partial charge in [0.2, 0.25) is 0 Å². The van der Waals surface area contributed by atoms with Crippen molar-refractivity contribution in [2.45, 2.75) is 0 Å². The number of hydrogen-bond acceptors (Lipinski definition) is 3. The van der Waals surface area contributed by atoms with E-state index in [2.05, 4.69) is 0 Å². The molecule has 1 aromatic heterocycles. The highest BCUT2D eigenvalue weighted by atomic mass is 35.5. The molecule has 0 aliphatic rings. The number of aromatic nitrogens is 1. The number of halogens is 1. The van der Waals surface area contributed by atoms with E-state index in [1.165, 1.54) is 10.8 Å². The molecule has 0 radical (unpaired) electrons. The molecule has 1 heterocycles. The van der Waals surface area contributed by atoms with Gasteiger partial charge in [0.05, 0.1) is 5.52 Å². The summed E-state index contributed by atoms with van der Waals surface area (Å²) in [5.74, 6) is 0.309. The first-order valence-electron chi connectivity index (χ1n) is 6.66. The number of nitrogens with zero attached hydrogens (tertiary/aromatic N) is 1. The van der Waals surface area contributed by atoms with Crippen molar-refractivity contribution in [3.8, 4) is 5.75 Å². The molecule has 3 rings (SSSR count). The zero-order valence-corrected chi connectivity index (χ0v) is 12.3. The maximum absolute atomic E-state index is 12.3. The second-order valence-corrected chi connectivity index (χ2v) is 5.16. The van der Waals surface area contributed by atoms with Gasteiger partial charge in [0, 0.05) is 22.2 Å². The van der Waals surface area contributed by atoms with Crippen LogP contribution in [0.15, 0.2) is 54.7 Å². The van der Waals surface area contributed by atoms with Gasteiger partial charge in [-0.1, -0.05) is 29.8 Å². The van der Waals surface area contributed by atoms with E-state index in [0.29, 0.717) is 21.9 Å². The Hall–Kier alpha value is -2.59. The van der Waals surface area contributed by atoms with Crippen LogP contribution in [0.25, 0.3) is 10.9 Å². The van der Waals surface area contributed by atoms with Gasteiger partial charge in [-0.15, -0.1) is 0 Å². The van der Waals surface area contributed by atoms with E-state index in [9.17, 15) is 9.59 Å². The number of benzene rings is 2. The van der Waals surface area contributed by atoms with Gasteiger partial charge in [0.25, 0.3) is 5.91 Å². The molecule has 0 aliphatic heterocycles. The fourth-order valence-corrected chi connectivity index (χ4v) is 2.38. The van der Waals surface area contributed by atoms with Crippen molar-refractivity contribution in [1.82, 2.24) is 4.57 Å². The fraction of sp³-hybridized carbons (Fsp3) is 0.0588. The van der Waals surface area contributed by atoms with Crippen LogP contribution < -0.4 is 4.74 Å². The van der Waals surface area contributed by atoms with Crippen molar-refractivity contribution in [2.75, 3.05) is 6.61 Å². The minimum Gasteiger partial charge on any atom is -0.484 e. The van der Waals surface area contributed by atoms with Crippen molar-refractivity contribution in [3.63, 3.8) is 0 Å². The average Bonchev–Trinajstić information content (AvgIpc) is 2.93. The number of hydrogen-bond donors (Lipinski definition) is 0. The van der Waals surface area contributed by atoms with Gasteiger partial charge < -0.3 is 4.74 Å². The van der Waals surface area contributed by atoms with Crippen molar-refractivity contribution in [3.05, 3.63) is 65.3 Å². The molecule has 2 aromatic carbocycles. The van der Waals surface area contributed by atoms with Gasteiger partial charge in [0.1, 0.15) is 5.75 Å². The topological polar surface area (TPSA) is 48.3 Å². The lowest BCUT2D eigenvalue weighted by atomic mass is 10.2. The maximum Gasteiger partial charge on any atom is 0.269 e. The van der Waals surface area contributed by atoms with E-state index in [4.69, 9.17) is 16.3 Å². The summed E-state index contributed by atoms with van der Waals surface area (Å²) in [5, 5.41) is 1.35. The van der Waals surface area contributed by atoms with Crippen LogP contribution in [-0.4, -0.2) is 23.4 Å². The standard InChI is InChI=1S/C17H12ClNO3/c18-13-5-7-14(8-6-13)22-11-17(21)19-9-12(10-20)15-3-1-2-4-16(15)19/h1-10H,11H2.